The Morgan fingerprint density at radius 2 is 2.09 bits per heavy atom. The van der Waals surface area contributed by atoms with Crippen molar-refractivity contribution in [3.63, 3.8) is 0 Å². The molecule has 0 spiro atoms. The van der Waals surface area contributed by atoms with Crippen molar-refractivity contribution in [1.29, 1.82) is 0 Å². The number of ether oxygens (including phenoxy) is 1. The number of carbonyl (C=O) groups excluding carboxylic acids is 2. The summed E-state index contributed by atoms with van der Waals surface area (Å²) in [6, 6.07) is 9.92. The van der Waals surface area contributed by atoms with E-state index in [1.54, 1.807) is 31.4 Å². The van der Waals surface area contributed by atoms with Gasteiger partial charge >= 0.3 is 0 Å². The molecule has 2 aromatic rings. The highest BCUT2D eigenvalue weighted by atomic mass is 16.5. The molecule has 1 unspecified atom stereocenters. The zero-order valence-electron chi connectivity index (χ0n) is 18.8. The van der Waals surface area contributed by atoms with Crippen LogP contribution in [0.15, 0.2) is 47.3 Å². The molecular formula is C24H27N5O4. The molecule has 0 aromatic heterocycles. The normalized spacial score (nSPS) is 17.9. The predicted molar refractivity (Wildman–Crippen MR) is 127 cm³/mol. The molecule has 172 valence electrons. The lowest BCUT2D eigenvalue weighted by atomic mass is 9.97. The van der Waals surface area contributed by atoms with Gasteiger partial charge in [0.2, 0.25) is 11.8 Å². The number of aliphatic imine (C=N–C) groups is 1. The minimum absolute atomic E-state index is 0.156. The number of amides is 2. The van der Waals surface area contributed by atoms with Crippen LogP contribution in [0.4, 0.5) is 11.4 Å². The molecule has 9 heteroatoms. The molecule has 5 N–H and O–H groups in total. The van der Waals surface area contributed by atoms with Crippen molar-refractivity contribution in [2.24, 2.45) is 10.7 Å². The highest BCUT2D eigenvalue weighted by Gasteiger charge is 2.30. The fraction of sp³-hybridized carbons (Fsp3) is 0.292. The number of nitrogens with two attached hydrogens (primary N) is 1. The number of phenolic OH excluding ortho intramolecular Hbond substituents is 1. The number of primary amides is 1. The van der Waals surface area contributed by atoms with E-state index in [0.717, 1.165) is 35.4 Å². The Morgan fingerprint density at radius 1 is 1.30 bits per heavy atom. The van der Waals surface area contributed by atoms with Gasteiger partial charge in [0, 0.05) is 30.0 Å². The monoisotopic (exact) mass is 449 g/mol. The first-order chi connectivity index (χ1) is 15.8. The van der Waals surface area contributed by atoms with Crippen LogP contribution in [0, 0.1) is 0 Å². The van der Waals surface area contributed by atoms with E-state index in [0.29, 0.717) is 17.0 Å². The van der Waals surface area contributed by atoms with Gasteiger partial charge in [0.1, 0.15) is 18.0 Å². The average molecular weight is 450 g/mol. The van der Waals surface area contributed by atoms with Crippen molar-refractivity contribution >= 4 is 35.0 Å². The number of carbonyl (C=O) groups is 2. The molecule has 2 aliphatic heterocycles. The molecular weight excluding hydrogens is 422 g/mol. The van der Waals surface area contributed by atoms with E-state index >= 15 is 0 Å². The van der Waals surface area contributed by atoms with E-state index in [-0.39, 0.29) is 17.8 Å². The van der Waals surface area contributed by atoms with E-state index in [9.17, 15) is 14.7 Å². The Labute approximate surface area is 191 Å². The lowest BCUT2D eigenvalue weighted by Gasteiger charge is -2.24. The fourth-order valence-corrected chi connectivity index (χ4v) is 4.05. The second-order valence-corrected chi connectivity index (χ2v) is 8.10. The summed E-state index contributed by atoms with van der Waals surface area (Å²) in [6.45, 7) is 1.54. The maximum Gasteiger partial charge on any atom is 0.251 e. The smallest absolute Gasteiger partial charge is 0.251 e. The molecule has 2 aliphatic rings. The molecule has 0 fully saturated rings. The third-order valence-electron chi connectivity index (χ3n) is 5.95. The van der Waals surface area contributed by atoms with Crippen molar-refractivity contribution in [3.05, 3.63) is 59.0 Å². The van der Waals surface area contributed by atoms with Gasteiger partial charge in [-0.25, -0.2) is 4.99 Å². The average Bonchev–Trinajstić information content (AvgIpc) is 3.14. The summed E-state index contributed by atoms with van der Waals surface area (Å²) >= 11 is 0. The minimum atomic E-state index is -0.774. The van der Waals surface area contributed by atoms with Crippen LogP contribution < -0.4 is 21.3 Å². The SMILES string of the molecule is COC1=C(c2ccc(O)c(C3Nc4ccc(C(=O)N[C@@H](C)C(N)=O)cc4N3C)c2)CCC=N1. The van der Waals surface area contributed by atoms with E-state index in [1.807, 2.05) is 30.3 Å². The molecule has 2 amide bonds. The van der Waals surface area contributed by atoms with E-state index in [4.69, 9.17) is 10.5 Å². The number of nitrogens with one attached hydrogen (secondary N) is 2. The summed E-state index contributed by atoms with van der Waals surface area (Å²) in [6.07, 6.45) is 3.11. The largest absolute Gasteiger partial charge is 0.508 e. The second-order valence-electron chi connectivity index (χ2n) is 8.10. The van der Waals surface area contributed by atoms with Crippen LogP contribution in [-0.4, -0.2) is 43.3 Å². The van der Waals surface area contributed by atoms with Gasteiger partial charge in [-0.2, -0.15) is 0 Å². The van der Waals surface area contributed by atoms with Crippen LogP contribution in [0.25, 0.3) is 5.57 Å². The second kappa shape index (κ2) is 8.85. The number of phenols is 1. The molecule has 4 rings (SSSR count). The van der Waals surface area contributed by atoms with Crippen molar-refractivity contribution in [1.82, 2.24) is 5.32 Å². The lowest BCUT2D eigenvalue weighted by molar-refractivity contribution is -0.119. The van der Waals surface area contributed by atoms with E-state index in [2.05, 4.69) is 15.6 Å². The Bertz CT molecular complexity index is 1170. The number of benzene rings is 2. The fourth-order valence-electron chi connectivity index (χ4n) is 4.05. The third kappa shape index (κ3) is 4.21. The van der Waals surface area contributed by atoms with E-state index < -0.39 is 11.9 Å². The van der Waals surface area contributed by atoms with Crippen LogP contribution in [0.5, 0.6) is 5.75 Å². The first kappa shape index (κ1) is 22.2. The van der Waals surface area contributed by atoms with Crippen molar-refractivity contribution in [2.45, 2.75) is 32.0 Å². The number of aromatic hydroxyl groups is 1. The van der Waals surface area contributed by atoms with Crippen LogP contribution in [0.3, 0.4) is 0 Å². The van der Waals surface area contributed by atoms with Crippen molar-refractivity contribution in [3.8, 4) is 5.75 Å². The van der Waals surface area contributed by atoms with Crippen LogP contribution in [-0.2, 0) is 9.53 Å². The Kier molecular flexibility index (Phi) is 5.95. The van der Waals surface area contributed by atoms with Gasteiger partial charge in [-0.05, 0) is 55.7 Å². The number of anilines is 2. The zero-order valence-corrected chi connectivity index (χ0v) is 18.8. The molecule has 2 heterocycles. The van der Waals surface area contributed by atoms with Crippen LogP contribution in [0.1, 0.15) is 47.4 Å². The summed E-state index contributed by atoms with van der Waals surface area (Å²) in [7, 11) is 3.48. The molecule has 0 radical (unpaired) electrons. The number of hydrogen-bond acceptors (Lipinski definition) is 7. The molecule has 2 aromatic carbocycles. The molecule has 0 aliphatic carbocycles. The number of fused-ring (bicyclic) bond motifs is 1. The summed E-state index contributed by atoms with van der Waals surface area (Å²) in [5.74, 6) is -0.255. The number of nitrogens with zero attached hydrogens (tertiary/aromatic N) is 2. The first-order valence-corrected chi connectivity index (χ1v) is 10.7. The summed E-state index contributed by atoms with van der Waals surface area (Å²) in [5, 5.41) is 16.6. The molecule has 0 saturated carbocycles. The van der Waals surface area contributed by atoms with Gasteiger partial charge in [-0.3, -0.25) is 9.59 Å². The van der Waals surface area contributed by atoms with Crippen molar-refractivity contribution in [2.75, 3.05) is 24.4 Å². The van der Waals surface area contributed by atoms with E-state index in [1.165, 1.54) is 6.92 Å². The lowest BCUT2D eigenvalue weighted by Crippen LogP contribution is -2.42. The minimum Gasteiger partial charge on any atom is -0.508 e. The summed E-state index contributed by atoms with van der Waals surface area (Å²) < 4.78 is 5.43. The molecule has 0 saturated heterocycles. The third-order valence-corrected chi connectivity index (χ3v) is 5.95. The maximum absolute atomic E-state index is 12.5. The Balaban J connectivity index is 1.63. The zero-order chi connectivity index (χ0) is 23.7. The highest BCUT2D eigenvalue weighted by Crippen LogP contribution is 2.43. The molecule has 2 atom stereocenters. The van der Waals surface area contributed by atoms with Gasteiger partial charge < -0.3 is 31.1 Å². The first-order valence-electron chi connectivity index (χ1n) is 10.7. The van der Waals surface area contributed by atoms with Crippen LogP contribution >= 0.6 is 0 Å². The Morgan fingerprint density at radius 3 is 2.82 bits per heavy atom. The molecule has 33 heavy (non-hydrogen) atoms. The van der Waals surface area contributed by atoms with Gasteiger partial charge in [0.15, 0.2) is 0 Å². The molecule has 9 nitrogen and oxygen atoms in total. The number of methoxy groups -OCH3 is 1. The van der Waals surface area contributed by atoms with Crippen LogP contribution in [0.2, 0.25) is 0 Å². The highest BCUT2D eigenvalue weighted by molar-refractivity contribution is 5.99. The van der Waals surface area contributed by atoms with Gasteiger partial charge in [0.25, 0.3) is 5.91 Å². The van der Waals surface area contributed by atoms with Gasteiger partial charge in [0.05, 0.1) is 18.5 Å². The standard InChI is InChI=1S/C24H27N5O4/c1-13(21(25)31)27-23(32)15-6-8-18-19(12-15)29(2)22(28-18)17-11-14(7-9-20(17)30)16-5-4-10-26-24(16)33-3/h6-13,22,28,30H,4-5H2,1-3H3,(H2,25,31)(H,27,32)/t13-,22?/m0/s1. The molecule has 0 bridgehead atoms. The van der Waals surface area contributed by atoms with Gasteiger partial charge in [-0.1, -0.05) is 6.07 Å². The van der Waals surface area contributed by atoms with Gasteiger partial charge in [-0.15, -0.1) is 0 Å². The number of rotatable bonds is 6. The quantitative estimate of drug-likeness (QED) is 0.537. The number of allylic oxidation sites excluding steroid dienone is 1. The maximum atomic E-state index is 12.5. The summed E-state index contributed by atoms with van der Waals surface area (Å²) in [4.78, 5) is 30.1. The number of hydrogen-bond donors (Lipinski definition) is 4. The predicted octanol–water partition coefficient (Wildman–Crippen LogP) is 2.74. The topological polar surface area (TPSA) is 129 Å². The Hall–Kier alpha value is -4.01. The van der Waals surface area contributed by atoms with Crippen molar-refractivity contribution < 1.29 is 19.4 Å². The summed E-state index contributed by atoms with van der Waals surface area (Å²) in [5.41, 5.74) is 9.88.